The van der Waals surface area contributed by atoms with Crippen molar-refractivity contribution in [3.8, 4) is 0 Å². The van der Waals surface area contributed by atoms with Crippen LogP contribution in [0.15, 0.2) is 18.2 Å². The predicted molar refractivity (Wildman–Crippen MR) is 75.7 cm³/mol. The van der Waals surface area contributed by atoms with Gasteiger partial charge in [-0.2, -0.15) is 0 Å². The highest BCUT2D eigenvalue weighted by atomic mass is 16.6. The Labute approximate surface area is 116 Å². The summed E-state index contributed by atoms with van der Waals surface area (Å²) in [5.41, 5.74) is 5.82. The zero-order valence-electron chi connectivity index (χ0n) is 11.1. The van der Waals surface area contributed by atoms with E-state index in [2.05, 4.69) is 10.6 Å². The summed E-state index contributed by atoms with van der Waals surface area (Å²) in [5.74, 6) is -0.671. The fraction of sp³-hybridized carbons (Fsp3) is 0.462. The van der Waals surface area contributed by atoms with Crippen LogP contribution < -0.4 is 16.4 Å². The molecule has 1 aliphatic rings. The minimum absolute atomic E-state index is 0.137. The number of nitrogens with zero attached hydrogens (tertiary/aromatic N) is 1. The highest BCUT2D eigenvalue weighted by Crippen LogP contribution is 2.22. The van der Waals surface area contributed by atoms with Crippen molar-refractivity contribution in [2.24, 2.45) is 5.73 Å². The van der Waals surface area contributed by atoms with Gasteiger partial charge in [-0.3, -0.25) is 14.9 Å². The Balaban J connectivity index is 2.02. The summed E-state index contributed by atoms with van der Waals surface area (Å²) in [5, 5.41) is 17.2. The molecule has 1 saturated heterocycles. The van der Waals surface area contributed by atoms with E-state index in [0.717, 1.165) is 19.4 Å². The van der Waals surface area contributed by atoms with Crippen molar-refractivity contribution < 1.29 is 9.72 Å². The number of nitrogens with one attached hydrogen (secondary N) is 2. The molecular formula is C13H18N4O3. The Kier molecular flexibility index (Phi) is 4.52. The van der Waals surface area contributed by atoms with Crippen molar-refractivity contribution >= 4 is 17.3 Å². The fourth-order valence-corrected chi connectivity index (χ4v) is 2.39. The Hall–Kier alpha value is -2.15. The van der Waals surface area contributed by atoms with Gasteiger partial charge in [0.25, 0.3) is 11.6 Å². The van der Waals surface area contributed by atoms with Gasteiger partial charge in [0.05, 0.1) is 10.5 Å². The molecular weight excluding hydrogens is 260 g/mol. The lowest BCUT2D eigenvalue weighted by molar-refractivity contribution is -0.384. The molecule has 1 aliphatic heterocycles. The average molecular weight is 278 g/mol. The predicted octanol–water partition coefficient (Wildman–Crippen LogP) is 1.25. The van der Waals surface area contributed by atoms with E-state index >= 15 is 0 Å². The van der Waals surface area contributed by atoms with E-state index in [1.54, 1.807) is 0 Å². The molecule has 7 nitrogen and oxygen atoms in total. The van der Waals surface area contributed by atoms with E-state index in [4.69, 9.17) is 5.73 Å². The van der Waals surface area contributed by atoms with Crippen molar-refractivity contribution in [2.75, 3.05) is 18.4 Å². The van der Waals surface area contributed by atoms with Crippen molar-refractivity contribution in [1.29, 1.82) is 0 Å². The maximum atomic E-state index is 11.4. The lowest BCUT2D eigenvalue weighted by Gasteiger charge is -2.13. The number of primary amides is 1. The number of amides is 1. The van der Waals surface area contributed by atoms with E-state index in [1.807, 2.05) is 0 Å². The van der Waals surface area contributed by atoms with Gasteiger partial charge in [-0.25, -0.2) is 0 Å². The summed E-state index contributed by atoms with van der Waals surface area (Å²) >= 11 is 0. The Bertz CT molecular complexity index is 512. The van der Waals surface area contributed by atoms with E-state index in [9.17, 15) is 14.9 Å². The van der Waals surface area contributed by atoms with Gasteiger partial charge < -0.3 is 16.4 Å². The van der Waals surface area contributed by atoms with Crippen LogP contribution in [0.3, 0.4) is 0 Å². The maximum absolute atomic E-state index is 11.4. The van der Waals surface area contributed by atoms with Crippen LogP contribution in [0.1, 0.15) is 29.6 Å². The number of nitro groups is 1. The number of hydrogen-bond donors (Lipinski definition) is 3. The smallest absolute Gasteiger partial charge is 0.270 e. The number of carbonyl (C=O) groups is 1. The van der Waals surface area contributed by atoms with Crippen LogP contribution in [0.4, 0.5) is 11.4 Å². The summed E-state index contributed by atoms with van der Waals surface area (Å²) in [6.45, 7) is 1.74. The molecule has 0 unspecified atom stereocenters. The van der Waals surface area contributed by atoms with Crippen molar-refractivity contribution in [1.82, 2.24) is 5.32 Å². The van der Waals surface area contributed by atoms with Gasteiger partial charge >= 0.3 is 0 Å². The molecule has 0 aromatic heterocycles. The molecule has 108 valence electrons. The normalized spacial score (nSPS) is 17.9. The van der Waals surface area contributed by atoms with Gasteiger partial charge in [-0.15, -0.1) is 0 Å². The summed E-state index contributed by atoms with van der Waals surface area (Å²) in [6, 6.07) is 4.60. The Morgan fingerprint density at radius 3 is 2.95 bits per heavy atom. The minimum Gasteiger partial charge on any atom is -0.384 e. The van der Waals surface area contributed by atoms with Gasteiger partial charge in [-0.05, 0) is 31.9 Å². The van der Waals surface area contributed by atoms with Crippen molar-refractivity contribution in [2.45, 2.75) is 25.3 Å². The molecule has 0 aliphatic carbocycles. The zero-order valence-corrected chi connectivity index (χ0v) is 11.1. The number of benzene rings is 1. The first-order chi connectivity index (χ1) is 9.58. The van der Waals surface area contributed by atoms with Gasteiger partial charge in [0.2, 0.25) is 0 Å². The van der Waals surface area contributed by atoms with Crippen molar-refractivity contribution in [3.05, 3.63) is 33.9 Å². The maximum Gasteiger partial charge on any atom is 0.270 e. The van der Waals surface area contributed by atoms with Crippen LogP contribution in [-0.4, -0.2) is 30.0 Å². The lowest BCUT2D eigenvalue weighted by atomic mass is 10.1. The number of nitrogens with two attached hydrogens (primary N) is 1. The molecule has 1 aromatic rings. The molecule has 1 aromatic carbocycles. The molecule has 1 amide bonds. The quantitative estimate of drug-likeness (QED) is 0.535. The second-order valence-electron chi connectivity index (χ2n) is 4.86. The molecule has 0 spiro atoms. The van der Waals surface area contributed by atoms with E-state index in [1.165, 1.54) is 24.6 Å². The Morgan fingerprint density at radius 1 is 1.55 bits per heavy atom. The van der Waals surface area contributed by atoms with Gasteiger partial charge in [0.15, 0.2) is 0 Å². The molecule has 4 N–H and O–H groups in total. The van der Waals surface area contributed by atoms with Crippen molar-refractivity contribution in [3.63, 3.8) is 0 Å². The van der Waals surface area contributed by atoms with Crippen LogP contribution in [0.2, 0.25) is 0 Å². The SMILES string of the molecule is NC(=O)c1cc([N+](=O)[O-])ccc1NCC[C@H]1CCCN1. The largest absolute Gasteiger partial charge is 0.384 e. The number of nitro benzene ring substituents is 1. The first kappa shape index (κ1) is 14.3. The second-order valence-corrected chi connectivity index (χ2v) is 4.86. The third-order valence-corrected chi connectivity index (χ3v) is 3.45. The third-order valence-electron chi connectivity index (χ3n) is 3.45. The van der Waals surface area contributed by atoms with E-state index in [0.29, 0.717) is 18.3 Å². The number of carbonyl (C=O) groups excluding carboxylic acids is 1. The average Bonchev–Trinajstić information content (AvgIpc) is 2.91. The highest BCUT2D eigenvalue weighted by Gasteiger charge is 2.16. The second kappa shape index (κ2) is 6.33. The molecule has 2 rings (SSSR count). The van der Waals surface area contributed by atoms with Crippen LogP contribution in [0.5, 0.6) is 0 Å². The number of anilines is 1. The summed E-state index contributed by atoms with van der Waals surface area (Å²) < 4.78 is 0. The van der Waals surface area contributed by atoms with Crippen LogP contribution in [-0.2, 0) is 0 Å². The summed E-state index contributed by atoms with van der Waals surface area (Å²) in [4.78, 5) is 21.5. The van der Waals surface area contributed by atoms with E-state index < -0.39 is 10.8 Å². The third kappa shape index (κ3) is 3.45. The molecule has 20 heavy (non-hydrogen) atoms. The van der Waals surface area contributed by atoms with E-state index in [-0.39, 0.29) is 11.3 Å². The van der Waals surface area contributed by atoms with Gasteiger partial charge in [-0.1, -0.05) is 0 Å². The monoisotopic (exact) mass is 278 g/mol. The molecule has 1 fully saturated rings. The zero-order chi connectivity index (χ0) is 14.5. The molecule has 0 saturated carbocycles. The molecule has 1 heterocycles. The number of hydrogen-bond acceptors (Lipinski definition) is 5. The number of non-ortho nitro benzene ring substituents is 1. The first-order valence-electron chi connectivity index (χ1n) is 6.63. The molecule has 0 radical (unpaired) electrons. The first-order valence-corrected chi connectivity index (χ1v) is 6.63. The molecule has 1 atom stereocenters. The van der Waals surface area contributed by atoms with Crippen LogP contribution >= 0.6 is 0 Å². The summed E-state index contributed by atoms with van der Waals surface area (Å²) in [6.07, 6.45) is 3.29. The highest BCUT2D eigenvalue weighted by molar-refractivity contribution is 5.99. The molecule has 7 heteroatoms. The van der Waals surface area contributed by atoms with Gasteiger partial charge in [0, 0.05) is 30.4 Å². The standard InChI is InChI=1S/C13H18N4O3/c14-13(18)11-8-10(17(19)20)3-4-12(11)16-7-5-9-2-1-6-15-9/h3-4,8-9,15-16H,1-2,5-7H2,(H2,14,18)/t9-/m1/s1. The Morgan fingerprint density at radius 2 is 2.35 bits per heavy atom. The minimum atomic E-state index is -0.671. The molecule has 0 bridgehead atoms. The van der Waals surface area contributed by atoms with Gasteiger partial charge in [0.1, 0.15) is 0 Å². The number of rotatable bonds is 6. The fourth-order valence-electron chi connectivity index (χ4n) is 2.39. The lowest BCUT2D eigenvalue weighted by Crippen LogP contribution is -2.24. The van der Waals surface area contributed by atoms with Crippen LogP contribution in [0.25, 0.3) is 0 Å². The summed E-state index contributed by atoms with van der Waals surface area (Å²) in [7, 11) is 0. The van der Waals surface area contributed by atoms with Crippen LogP contribution in [0, 0.1) is 10.1 Å². The topological polar surface area (TPSA) is 110 Å².